The van der Waals surface area contributed by atoms with Crippen LogP contribution in [-0.4, -0.2) is 25.1 Å². The lowest BCUT2D eigenvalue weighted by Crippen LogP contribution is -2.21. The number of anilines is 1. The summed E-state index contributed by atoms with van der Waals surface area (Å²) in [4.78, 5) is 23.7. The standard InChI is InChI=1S/C24H23NO5/c1-18-7-11-20(12-8-18)28-16-15-24(27)29-17-23(26)25-19-9-13-22(14-10-19)30-21-5-3-2-4-6-21/h2-14H,15-17H2,1H3,(H,25,26). The third-order valence-corrected chi connectivity index (χ3v) is 4.08. The number of nitrogens with one attached hydrogen (secondary N) is 1. The molecule has 0 radical (unpaired) electrons. The van der Waals surface area contributed by atoms with E-state index in [1.165, 1.54) is 0 Å². The Morgan fingerprint density at radius 2 is 1.43 bits per heavy atom. The van der Waals surface area contributed by atoms with Crippen molar-refractivity contribution >= 4 is 17.6 Å². The molecule has 3 aromatic rings. The molecule has 1 N–H and O–H groups in total. The number of para-hydroxylation sites is 1. The van der Waals surface area contributed by atoms with Gasteiger partial charge in [0.1, 0.15) is 17.2 Å². The van der Waals surface area contributed by atoms with Crippen molar-refractivity contribution in [2.75, 3.05) is 18.5 Å². The monoisotopic (exact) mass is 405 g/mol. The summed E-state index contributed by atoms with van der Waals surface area (Å²) in [6, 6.07) is 23.9. The number of ether oxygens (including phenoxy) is 3. The molecule has 0 bridgehead atoms. The Labute approximate surface area is 175 Å². The molecular weight excluding hydrogens is 382 g/mol. The number of hydrogen-bond donors (Lipinski definition) is 1. The molecule has 0 fully saturated rings. The fraction of sp³-hybridized carbons (Fsp3) is 0.167. The molecule has 0 atom stereocenters. The highest BCUT2D eigenvalue weighted by molar-refractivity contribution is 5.92. The van der Waals surface area contributed by atoms with Crippen molar-refractivity contribution in [1.29, 1.82) is 0 Å². The quantitative estimate of drug-likeness (QED) is 0.521. The molecule has 3 aromatic carbocycles. The van der Waals surface area contributed by atoms with Gasteiger partial charge in [-0.25, -0.2) is 0 Å². The second-order valence-electron chi connectivity index (χ2n) is 6.56. The maximum absolute atomic E-state index is 12.0. The first kappa shape index (κ1) is 20.9. The second-order valence-corrected chi connectivity index (χ2v) is 6.56. The summed E-state index contributed by atoms with van der Waals surface area (Å²) in [5.74, 6) is 1.15. The maximum Gasteiger partial charge on any atom is 0.309 e. The van der Waals surface area contributed by atoms with Gasteiger partial charge in [-0.15, -0.1) is 0 Å². The van der Waals surface area contributed by atoms with Gasteiger partial charge < -0.3 is 19.5 Å². The van der Waals surface area contributed by atoms with Gasteiger partial charge in [-0.3, -0.25) is 9.59 Å². The predicted octanol–water partition coefficient (Wildman–Crippen LogP) is 4.74. The van der Waals surface area contributed by atoms with Crippen LogP contribution in [0.4, 0.5) is 5.69 Å². The summed E-state index contributed by atoms with van der Waals surface area (Å²) >= 11 is 0. The second kappa shape index (κ2) is 10.7. The van der Waals surface area contributed by atoms with Crippen LogP contribution >= 0.6 is 0 Å². The van der Waals surface area contributed by atoms with Crippen molar-refractivity contribution < 1.29 is 23.8 Å². The van der Waals surface area contributed by atoms with Gasteiger partial charge in [0.2, 0.25) is 0 Å². The molecule has 6 heteroatoms. The fourth-order valence-corrected chi connectivity index (χ4v) is 2.53. The van der Waals surface area contributed by atoms with E-state index in [4.69, 9.17) is 14.2 Å². The van der Waals surface area contributed by atoms with E-state index < -0.39 is 11.9 Å². The molecule has 30 heavy (non-hydrogen) atoms. The number of carbonyl (C=O) groups is 2. The van der Waals surface area contributed by atoms with Crippen LogP contribution in [0.3, 0.4) is 0 Å². The SMILES string of the molecule is Cc1ccc(OCCC(=O)OCC(=O)Nc2ccc(Oc3ccccc3)cc2)cc1. The van der Waals surface area contributed by atoms with Crippen LogP contribution in [-0.2, 0) is 14.3 Å². The number of amides is 1. The number of benzene rings is 3. The Hall–Kier alpha value is -3.80. The zero-order valence-electron chi connectivity index (χ0n) is 16.7. The van der Waals surface area contributed by atoms with E-state index in [9.17, 15) is 9.59 Å². The van der Waals surface area contributed by atoms with Gasteiger partial charge in [0.05, 0.1) is 13.0 Å². The van der Waals surface area contributed by atoms with Gasteiger partial charge >= 0.3 is 5.97 Å². The van der Waals surface area contributed by atoms with E-state index in [0.29, 0.717) is 17.2 Å². The lowest BCUT2D eigenvalue weighted by molar-refractivity contribution is -0.147. The Morgan fingerprint density at radius 3 is 2.13 bits per heavy atom. The third-order valence-electron chi connectivity index (χ3n) is 4.08. The van der Waals surface area contributed by atoms with Gasteiger partial charge in [0.25, 0.3) is 5.91 Å². The number of aryl methyl sites for hydroxylation is 1. The molecule has 0 heterocycles. The first-order valence-corrected chi connectivity index (χ1v) is 9.56. The lowest BCUT2D eigenvalue weighted by atomic mass is 10.2. The molecule has 0 aromatic heterocycles. The molecule has 0 spiro atoms. The van der Waals surface area contributed by atoms with Crippen LogP contribution in [0.5, 0.6) is 17.2 Å². The van der Waals surface area contributed by atoms with Crippen LogP contribution in [0, 0.1) is 6.92 Å². The Balaban J connectivity index is 1.35. The Kier molecular flexibility index (Phi) is 7.44. The van der Waals surface area contributed by atoms with Crippen LogP contribution < -0.4 is 14.8 Å². The molecule has 6 nitrogen and oxygen atoms in total. The molecule has 0 aliphatic heterocycles. The van der Waals surface area contributed by atoms with Crippen molar-refractivity contribution in [3.63, 3.8) is 0 Å². The Bertz CT molecular complexity index is 953. The van der Waals surface area contributed by atoms with Gasteiger partial charge in [0, 0.05) is 5.69 Å². The van der Waals surface area contributed by atoms with Crippen molar-refractivity contribution in [3.05, 3.63) is 84.4 Å². The van der Waals surface area contributed by atoms with Crippen molar-refractivity contribution in [2.24, 2.45) is 0 Å². The van der Waals surface area contributed by atoms with E-state index in [1.807, 2.05) is 61.5 Å². The van der Waals surface area contributed by atoms with Crippen molar-refractivity contribution in [3.8, 4) is 17.2 Å². The summed E-state index contributed by atoms with van der Waals surface area (Å²) < 4.78 is 16.2. The normalized spacial score (nSPS) is 10.2. The average molecular weight is 405 g/mol. The Morgan fingerprint density at radius 1 is 0.800 bits per heavy atom. The van der Waals surface area contributed by atoms with Gasteiger partial charge in [0.15, 0.2) is 6.61 Å². The zero-order chi connectivity index (χ0) is 21.2. The first-order chi connectivity index (χ1) is 14.6. The molecule has 3 rings (SSSR count). The van der Waals surface area contributed by atoms with Crippen LogP contribution in [0.25, 0.3) is 0 Å². The molecular formula is C24H23NO5. The average Bonchev–Trinajstić information content (AvgIpc) is 2.76. The van der Waals surface area contributed by atoms with Crippen LogP contribution in [0.2, 0.25) is 0 Å². The molecule has 1 amide bonds. The van der Waals surface area contributed by atoms with Gasteiger partial charge in [-0.05, 0) is 55.5 Å². The molecule has 154 valence electrons. The summed E-state index contributed by atoms with van der Waals surface area (Å²) in [7, 11) is 0. The summed E-state index contributed by atoms with van der Waals surface area (Å²) in [5.41, 5.74) is 1.71. The van der Waals surface area contributed by atoms with Gasteiger partial charge in [-0.2, -0.15) is 0 Å². The topological polar surface area (TPSA) is 73.9 Å². The summed E-state index contributed by atoms with van der Waals surface area (Å²) in [5, 5.41) is 2.67. The number of hydrogen-bond acceptors (Lipinski definition) is 5. The van der Waals surface area contributed by atoms with E-state index in [2.05, 4.69) is 5.32 Å². The lowest BCUT2D eigenvalue weighted by Gasteiger charge is -2.09. The highest BCUT2D eigenvalue weighted by atomic mass is 16.5. The summed E-state index contributed by atoms with van der Waals surface area (Å²) in [6.07, 6.45) is 0.0622. The van der Waals surface area contributed by atoms with Gasteiger partial charge in [-0.1, -0.05) is 35.9 Å². The smallest absolute Gasteiger partial charge is 0.309 e. The maximum atomic E-state index is 12.0. The minimum atomic E-state index is -0.496. The molecule has 0 saturated carbocycles. The summed E-state index contributed by atoms with van der Waals surface area (Å²) in [6.45, 7) is 1.82. The van der Waals surface area contributed by atoms with E-state index >= 15 is 0 Å². The van der Waals surface area contributed by atoms with E-state index in [-0.39, 0.29) is 19.6 Å². The van der Waals surface area contributed by atoms with Crippen molar-refractivity contribution in [1.82, 2.24) is 0 Å². The first-order valence-electron chi connectivity index (χ1n) is 9.56. The number of rotatable bonds is 9. The largest absolute Gasteiger partial charge is 0.493 e. The molecule has 0 saturated heterocycles. The number of carbonyl (C=O) groups excluding carboxylic acids is 2. The van der Waals surface area contributed by atoms with Crippen LogP contribution in [0.15, 0.2) is 78.9 Å². The van der Waals surface area contributed by atoms with E-state index in [0.717, 1.165) is 11.3 Å². The fourth-order valence-electron chi connectivity index (χ4n) is 2.53. The molecule has 0 aliphatic rings. The van der Waals surface area contributed by atoms with Crippen molar-refractivity contribution in [2.45, 2.75) is 13.3 Å². The van der Waals surface area contributed by atoms with E-state index in [1.54, 1.807) is 24.3 Å². The molecule has 0 unspecified atom stereocenters. The zero-order valence-corrected chi connectivity index (χ0v) is 16.7. The highest BCUT2D eigenvalue weighted by Gasteiger charge is 2.09. The predicted molar refractivity (Wildman–Crippen MR) is 114 cm³/mol. The minimum absolute atomic E-state index is 0.0622. The third kappa shape index (κ3) is 6.98. The minimum Gasteiger partial charge on any atom is -0.493 e. The highest BCUT2D eigenvalue weighted by Crippen LogP contribution is 2.22. The molecule has 0 aliphatic carbocycles. The number of esters is 1. The van der Waals surface area contributed by atoms with Crippen LogP contribution in [0.1, 0.15) is 12.0 Å².